The number of amides is 1. The lowest BCUT2D eigenvalue weighted by Crippen LogP contribution is -2.26. The van der Waals surface area contributed by atoms with E-state index in [-0.39, 0.29) is 18.4 Å². The van der Waals surface area contributed by atoms with Crippen LogP contribution in [0.15, 0.2) is 72.8 Å². The quantitative estimate of drug-likeness (QED) is 0.442. The van der Waals surface area contributed by atoms with Crippen molar-refractivity contribution in [1.29, 1.82) is 0 Å². The summed E-state index contributed by atoms with van der Waals surface area (Å²) in [4.78, 5) is 19.6. The van der Waals surface area contributed by atoms with Crippen molar-refractivity contribution in [2.24, 2.45) is 0 Å². The summed E-state index contributed by atoms with van der Waals surface area (Å²) in [5.74, 6) is 1.69. The third kappa shape index (κ3) is 4.29. The number of anilines is 1. The molecule has 0 spiro atoms. The highest BCUT2D eigenvalue weighted by Crippen LogP contribution is 2.33. The molecule has 2 heterocycles. The summed E-state index contributed by atoms with van der Waals surface area (Å²) in [5, 5.41) is 10.9. The van der Waals surface area contributed by atoms with Crippen LogP contribution in [0.5, 0.6) is 5.75 Å². The first-order valence-corrected chi connectivity index (χ1v) is 11.7. The topological polar surface area (TPSA) is 67.6 Å². The standard InChI is InChI=1S/C28H29N3O3/c1-19-9-8-10-20(2)27(19)34-18-23(32)17-31-25-14-7-6-13-24(25)29-28(31)21-15-26(33)30(16-21)22-11-4-3-5-12-22/h3-14,21,23,32H,15-18H2,1-2H3/t21-,23+/m0/s1. The fourth-order valence-electron chi connectivity index (χ4n) is 4.81. The number of rotatable bonds is 7. The Morgan fingerprint density at radius 1 is 1.00 bits per heavy atom. The molecule has 0 radical (unpaired) electrons. The highest BCUT2D eigenvalue weighted by Gasteiger charge is 2.35. The van der Waals surface area contributed by atoms with Gasteiger partial charge in [0.2, 0.25) is 5.91 Å². The zero-order valence-corrected chi connectivity index (χ0v) is 19.5. The molecule has 1 fully saturated rings. The normalized spacial score (nSPS) is 16.9. The number of aryl methyl sites for hydroxylation is 2. The van der Waals surface area contributed by atoms with Crippen LogP contribution < -0.4 is 9.64 Å². The van der Waals surface area contributed by atoms with Crippen LogP contribution in [-0.2, 0) is 11.3 Å². The van der Waals surface area contributed by atoms with Crippen molar-refractivity contribution in [2.75, 3.05) is 18.1 Å². The van der Waals surface area contributed by atoms with Crippen molar-refractivity contribution in [3.8, 4) is 5.75 Å². The minimum Gasteiger partial charge on any atom is -0.490 e. The molecule has 0 saturated carbocycles. The molecule has 6 nitrogen and oxygen atoms in total. The SMILES string of the molecule is Cc1cccc(C)c1OC[C@H](O)Cn1c([C@H]2CC(=O)N(c3ccccc3)C2)nc2ccccc21. The predicted molar refractivity (Wildman–Crippen MR) is 133 cm³/mol. The second kappa shape index (κ2) is 9.31. The number of para-hydroxylation sites is 4. The maximum Gasteiger partial charge on any atom is 0.227 e. The number of carbonyl (C=O) groups is 1. The molecule has 0 aliphatic carbocycles. The van der Waals surface area contributed by atoms with Crippen molar-refractivity contribution in [2.45, 2.75) is 38.8 Å². The number of hydrogen-bond donors (Lipinski definition) is 1. The molecule has 1 N–H and O–H groups in total. The number of aromatic nitrogens is 2. The van der Waals surface area contributed by atoms with Crippen molar-refractivity contribution in [3.63, 3.8) is 0 Å². The monoisotopic (exact) mass is 455 g/mol. The molecule has 1 aliphatic heterocycles. The summed E-state index contributed by atoms with van der Waals surface area (Å²) in [5.41, 5.74) is 4.82. The van der Waals surface area contributed by atoms with Gasteiger partial charge in [0.25, 0.3) is 0 Å². The third-order valence-electron chi connectivity index (χ3n) is 6.46. The van der Waals surface area contributed by atoms with E-state index in [1.165, 1.54) is 0 Å². The maximum atomic E-state index is 12.8. The van der Waals surface area contributed by atoms with Gasteiger partial charge in [-0.15, -0.1) is 0 Å². The van der Waals surface area contributed by atoms with Gasteiger partial charge in [0.15, 0.2) is 0 Å². The van der Waals surface area contributed by atoms with E-state index in [0.29, 0.717) is 19.5 Å². The first-order chi connectivity index (χ1) is 16.5. The van der Waals surface area contributed by atoms with E-state index in [1.807, 2.05) is 91.5 Å². The largest absolute Gasteiger partial charge is 0.490 e. The van der Waals surface area contributed by atoms with Crippen LogP contribution in [0.2, 0.25) is 0 Å². The van der Waals surface area contributed by atoms with E-state index < -0.39 is 6.10 Å². The van der Waals surface area contributed by atoms with E-state index in [1.54, 1.807) is 0 Å². The highest BCUT2D eigenvalue weighted by atomic mass is 16.5. The van der Waals surface area contributed by atoms with Crippen LogP contribution in [0.25, 0.3) is 11.0 Å². The number of nitrogens with zero attached hydrogens (tertiary/aromatic N) is 3. The molecule has 2 atom stereocenters. The van der Waals surface area contributed by atoms with E-state index in [2.05, 4.69) is 4.57 Å². The second-order valence-corrected chi connectivity index (χ2v) is 9.00. The predicted octanol–water partition coefficient (Wildman–Crippen LogP) is 4.61. The fraction of sp³-hybridized carbons (Fsp3) is 0.286. The minimum absolute atomic E-state index is 0.0492. The molecule has 1 amide bonds. The van der Waals surface area contributed by atoms with Gasteiger partial charge in [-0.1, -0.05) is 48.5 Å². The Balaban J connectivity index is 1.39. The summed E-state index contributed by atoms with van der Waals surface area (Å²) in [7, 11) is 0. The number of aliphatic hydroxyl groups is 1. The van der Waals surface area contributed by atoms with E-state index in [0.717, 1.165) is 39.4 Å². The molecule has 3 aromatic carbocycles. The Morgan fingerprint density at radius 3 is 2.47 bits per heavy atom. The number of hydrogen-bond acceptors (Lipinski definition) is 4. The number of imidazole rings is 1. The van der Waals surface area contributed by atoms with Crippen LogP contribution in [-0.4, -0.2) is 39.8 Å². The van der Waals surface area contributed by atoms with Crippen molar-refractivity contribution in [3.05, 3.63) is 89.7 Å². The molecule has 1 aromatic heterocycles. The van der Waals surface area contributed by atoms with Crippen LogP contribution in [0.1, 0.15) is 29.3 Å². The highest BCUT2D eigenvalue weighted by molar-refractivity contribution is 5.96. The summed E-state index contributed by atoms with van der Waals surface area (Å²) in [6, 6.07) is 23.7. The van der Waals surface area contributed by atoms with Gasteiger partial charge >= 0.3 is 0 Å². The zero-order valence-electron chi connectivity index (χ0n) is 19.5. The molecule has 174 valence electrons. The number of fused-ring (bicyclic) bond motifs is 1. The number of ether oxygens (including phenoxy) is 1. The Bertz CT molecular complexity index is 1290. The van der Waals surface area contributed by atoms with Gasteiger partial charge in [0.1, 0.15) is 24.3 Å². The Morgan fingerprint density at radius 2 is 1.71 bits per heavy atom. The maximum absolute atomic E-state index is 12.8. The average molecular weight is 456 g/mol. The van der Waals surface area contributed by atoms with E-state index >= 15 is 0 Å². The Hall–Kier alpha value is -3.64. The molecular formula is C28H29N3O3. The number of aliphatic hydroxyl groups excluding tert-OH is 1. The first-order valence-electron chi connectivity index (χ1n) is 11.7. The van der Waals surface area contributed by atoms with Gasteiger partial charge in [0, 0.05) is 24.6 Å². The lowest BCUT2D eigenvalue weighted by atomic mass is 10.1. The van der Waals surface area contributed by atoms with Crippen LogP contribution >= 0.6 is 0 Å². The first kappa shape index (κ1) is 22.2. The van der Waals surface area contributed by atoms with Crippen molar-refractivity contribution in [1.82, 2.24) is 9.55 Å². The molecule has 1 saturated heterocycles. The van der Waals surface area contributed by atoms with Crippen LogP contribution in [0.3, 0.4) is 0 Å². The number of carbonyl (C=O) groups excluding carboxylic acids is 1. The summed E-state index contributed by atoms with van der Waals surface area (Å²) >= 11 is 0. The average Bonchev–Trinajstić information content (AvgIpc) is 3.40. The van der Waals surface area contributed by atoms with E-state index in [9.17, 15) is 9.90 Å². The molecule has 1 aliphatic rings. The van der Waals surface area contributed by atoms with E-state index in [4.69, 9.17) is 9.72 Å². The molecule has 0 unspecified atom stereocenters. The summed E-state index contributed by atoms with van der Waals surface area (Å²) in [6.07, 6.45) is -0.328. The molecule has 0 bridgehead atoms. The van der Waals surface area contributed by atoms with Gasteiger partial charge in [-0.25, -0.2) is 4.98 Å². The smallest absolute Gasteiger partial charge is 0.227 e. The molecule has 34 heavy (non-hydrogen) atoms. The minimum atomic E-state index is -0.724. The van der Waals surface area contributed by atoms with Gasteiger partial charge in [-0.2, -0.15) is 0 Å². The van der Waals surface area contributed by atoms with Crippen LogP contribution in [0.4, 0.5) is 5.69 Å². The van der Waals surface area contributed by atoms with Gasteiger partial charge < -0.3 is 19.3 Å². The third-order valence-corrected chi connectivity index (χ3v) is 6.46. The molecule has 5 rings (SSSR count). The Labute approximate surface area is 199 Å². The zero-order chi connectivity index (χ0) is 23.7. The van der Waals surface area contributed by atoms with Gasteiger partial charge in [-0.05, 0) is 49.2 Å². The Kier molecular flexibility index (Phi) is 6.07. The van der Waals surface area contributed by atoms with Gasteiger partial charge in [-0.3, -0.25) is 4.79 Å². The van der Waals surface area contributed by atoms with Gasteiger partial charge in [0.05, 0.1) is 17.6 Å². The lowest BCUT2D eigenvalue weighted by molar-refractivity contribution is -0.117. The summed E-state index contributed by atoms with van der Waals surface area (Å²) < 4.78 is 8.06. The molecule has 6 heteroatoms. The second-order valence-electron chi connectivity index (χ2n) is 9.00. The fourth-order valence-corrected chi connectivity index (χ4v) is 4.81. The molecule has 4 aromatic rings. The van der Waals surface area contributed by atoms with Crippen LogP contribution in [0, 0.1) is 13.8 Å². The number of benzene rings is 3. The lowest BCUT2D eigenvalue weighted by Gasteiger charge is -2.20. The summed E-state index contributed by atoms with van der Waals surface area (Å²) in [6.45, 7) is 5.10. The molecular weight excluding hydrogens is 426 g/mol. The van der Waals surface area contributed by atoms with Crippen molar-refractivity contribution < 1.29 is 14.6 Å². The van der Waals surface area contributed by atoms with Crippen molar-refractivity contribution >= 4 is 22.6 Å².